The zero-order valence-electron chi connectivity index (χ0n) is 10.9. The van der Waals surface area contributed by atoms with Gasteiger partial charge in [-0.1, -0.05) is 15.9 Å². The van der Waals surface area contributed by atoms with E-state index in [4.69, 9.17) is 0 Å². The maximum atomic E-state index is 11.8. The average molecular weight is 432 g/mol. The highest BCUT2D eigenvalue weighted by Gasteiger charge is 2.08. The van der Waals surface area contributed by atoms with Gasteiger partial charge in [0.15, 0.2) is 0 Å². The van der Waals surface area contributed by atoms with Crippen molar-refractivity contribution < 1.29 is 9.59 Å². The van der Waals surface area contributed by atoms with Gasteiger partial charge in [-0.15, -0.1) is 0 Å². The van der Waals surface area contributed by atoms with Crippen LogP contribution in [0, 0.1) is 0 Å². The van der Waals surface area contributed by atoms with Gasteiger partial charge in [-0.25, -0.2) is 0 Å². The Hall–Kier alpha value is -1.18. The number of thiophene rings is 1. The lowest BCUT2D eigenvalue weighted by Gasteiger charge is -2.08. The van der Waals surface area contributed by atoms with Gasteiger partial charge in [0.25, 0.3) is 5.91 Å². The molecule has 0 radical (unpaired) electrons. The number of halogens is 2. The monoisotopic (exact) mass is 430 g/mol. The van der Waals surface area contributed by atoms with Crippen molar-refractivity contribution in [1.29, 1.82) is 0 Å². The molecule has 0 aliphatic heterocycles. The second-order valence-electron chi connectivity index (χ2n) is 4.19. The molecule has 0 unspecified atom stereocenters. The quantitative estimate of drug-likeness (QED) is 0.750. The van der Waals surface area contributed by atoms with Crippen LogP contribution in [0.25, 0.3) is 0 Å². The number of nitrogens with one attached hydrogen (secondary N) is 2. The van der Waals surface area contributed by atoms with Gasteiger partial charge in [0.2, 0.25) is 5.91 Å². The molecule has 7 heteroatoms. The fourth-order valence-electron chi connectivity index (χ4n) is 1.59. The van der Waals surface area contributed by atoms with Gasteiger partial charge in [-0.05, 0) is 45.6 Å². The predicted molar refractivity (Wildman–Crippen MR) is 91.7 cm³/mol. The van der Waals surface area contributed by atoms with Crippen LogP contribution in [0.3, 0.4) is 0 Å². The van der Waals surface area contributed by atoms with Crippen LogP contribution in [0.1, 0.15) is 16.8 Å². The molecule has 0 aliphatic carbocycles. The van der Waals surface area contributed by atoms with E-state index in [0.717, 1.165) is 8.95 Å². The van der Waals surface area contributed by atoms with Crippen LogP contribution in [-0.2, 0) is 4.79 Å². The molecular formula is C14H12Br2N2O2S. The van der Waals surface area contributed by atoms with Gasteiger partial charge in [0.1, 0.15) is 0 Å². The number of hydrogen-bond acceptors (Lipinski definition) is 3. The number of amides is 2. The molecule has 2 aromatic rings. The first-order chi connectivity index (χ1) is 10.1. The molecule has 0 saturated heterocycles. The van der Waals surface area contributed by atoms with Gasteiger partial charge in [0, 0.05) is 32.9 Å². The number of carbonyl (C=O) groups is 2. The van der Waals surface area contributed by atoms with E-state index in [2.05, 4.69) is 42.5 Å². The van der Waals surface area contributed by atoms with Gasteiger partial charge >= 0.3 is 0 Å². The molecule has 0 spiro atoms. The van der Waals surface area contributed by atoms with Crippen molar-refractivity contribution in [2.75, 3.05) is 11.9 Å². The van der Waals surface area contributed by atoms with E-state index in [1.165, 1.54) is 11.3 Å². The minimum Gasteiger partial charge on any atom is -0.351 e. The predicted octanol–water partition coefficient (Wildman–Crippen LogP) is 4.03. The molecule has 0 fully saturated rings. The lowest BCUT2D eigenvalue weighted by molar-refractivity contribution is -0.116. The molecule has 0 saturated carbocycles. The van der Waals surface area contributed by atoms with Gasteiger partial charge in [-0.2, -0.15) is 11.3 Å². The molecule has 110 valence electrons. The zero-order valence-corrected chi connectivity index (χ0v) is 14.8. The number of hydrogen-bond donors (Lipinski definition) is 2. The Morgan fingerprint density at radius 2 is 2.00 bits per heavy atom. The van der Waals surface area contributed by atoms with E-state index in [9.17, 15) is 9.59 Å². The highest BCUT2D eigenvalue weighted by Crippen LogP contribution is 2.26. The first-order valence-electron chi connectivity index (χ1n) is 6.11. The third kappa shape index (κ3) is 4.94. The van der Waals surface area contributed by atoms with E-state index < -0.39 is 0 Å². The minimum atomic E-state index is -0.160. The number of carbonyl (C=O) groups excluding carboxylic acids is 2. The molecule has 1 aromatic heterocycles. The Morgan fingerprint density at radius 3 is 2.71 bits per heavy atom. The van der Waals surface area contributed by atoms with Crippen LogP contribution in [0.4, 0.5) is 5.69 Å². The smallest absolute Gasteiger partial charge is 0.252 e. The summed E-state index contributed by atoms with van der Waals surface area (Å²) >= 11 is 8.19. The van der Waals surface area contributed by atoms with E-state index in [1.807, 2.05) is 23.6 Å². The molecule has 21 heavy (non-hydrogen) atoms. The zero-order chi connectivity index (χ0) is 15.2. The minimum absolute atomic E-state index is 0.153. The molecule has 1 aromatic carbocycles. The van der Waals surface area contributed by atoms with Crippen LogP contribution < -0.4 is 10.6 Å². The molecule has 0 aliphatic rings. The van der Waals surface area contributed by atoms with Gasteiger partial charge in [-0.3, -0.25) is 9.59 Å². The first-order valence-corrected chi connectivity index (χ1v) is 8.64. The topological polar surface area (TPSA) is 58.2 Å². The van der Waals surface area contributed by atoms with Crippen LogP contribution in [0.15, 0.2) is 44.0 Å². The largest absolute Gasteiger partial charge is 0.351 e. The molecule has 2 amide bonds. The third-order valence-electron chi connectivity index (χ3n) is 2.62. The second-order valence-corrected chi connectivity index (χ2v) is 6.74. The van der Waals surface area contributed by atoms with Crippen LogP contribution >= 0.6 is 43.2 Å². The Morgan fingerprint density at radius 1 is 1.19 bits per heavy atom. The maximum Gasteiger partial charge on any atom is 0.252 e. The summed E-state index contributed by atoms with van der Waals surface area (Å²) in [4.78, 5) is 23.5. The summed E-state index contributed by atoms with van der Waals surface area (Å²) in [5.41, 5.74) is 1.31. The van der Waals surface area contributed by atoms with Crippen molar-refractivity contribution in [3.8, 4) is 0 Å². The Labute approximate surface area is 143 Å². The lowest BCUT2D eigenvalue weighted by Crippen LogP contribution is -2.27. The standard InChI is InChI=1S/C14H12Br2N2O2S/c15-10-1-2-11(16)12(7-10)18-13(19)3-5-17-14(20)9-4-6-21-8-9/h1-2,4,6-8H,3,5H2,(H,17,20)(H,18,19). The second kappa shape index (κ2) is 7.72. The average Bonchev–Trinajstić information content (AvgIpc) is 2.97. The summed E-state index contributed by atoms with van der Waals surface area (Å²) in [6, 6.07) is 7.28. The first kappa shape index (κ1) is 16.2. The molecular weight excluding hydrogens is 420 g/mol. The molecule has 0 bridgehead atoms. The normalized spacial score (nSPS) is 10.2. The van der Waals surface area contributed by atoms with Crippen molar-refractivity contribution in [3.63, 3.8) is 0 Å². The van der Waals surface area contributed by atoms with E-state index in [1.54, 1.807) is 11.4 Å². The van der Waals surface area contributed by atoms with Crippen molar-refractivity contribution in [3.05, 3.63) is 49.5 Å². The summed E-state index contributed by atoms with van der Waals surface area (Å²) in [6.07, 6.45) is 0.217. The molecule has 1 heterocycles. The van der Waals surface area contributed by atoms with Crippen LogP contribution in [0.2, 0.25) is 0 Å². The van der Waals surface area contributed by atoms with Crippen LogP contribution in [-0.4, -0.2) is 18.4 Å². The summed E-state index contributed by atoms with van der Waals surface area (Å²) in [7, 11) is 0. The fraction of sp³-hybridized carbons (Fsp3) is 0.143. The van der Waals surface area contributed by atoms with E-state index in [-0.39, 0.29) is 18.2 Å². The van der Waals surface area contributed by atoms with Crippen molar-refractivity contribution in [2.45, 2.75) is 6.42 Å². The van der Waals surface area contributed by atoms with Gasteiger partial charge in [0.05, 0.1) is 5.69 Å². The van der Waals surface area contributed by atoms with Crippen molar-refractivity contribution >= 4 is 60.7 Å². The molecule has 2 rings (SSSR count). The van der Waals surface area contributed by atoms with Gasteiger partial charge < -0.3 is 10.6 Å². The Kier molecular flexibility index (Phi) is 5.96. The SMILES string of the molecule is O=C(CCNC(=O)c1ccsc1)Nc1cc(Br)ccc1Br. The summed E-state index contributed by atoms with van der Waals surface area (Å²) < 4.78 is 1.69. The number of benzene rings is 1. The van der Waals surface area contributed by atoms with E-state index in [0.29, 0.717) is 17.8 Å². The van der Waals surface area contributed by atoms with Crippen LogP contribution in [0.5, 0.6) is 0 Å². The Balaban J connectivity index is 1.80. The lowest BCUT2D eigenvalue weighted by atomic mass is 10.3. The third-order valence-corrected chi connectivity index (χ3v) is 4.49. The molecule has 0 atom stereocenters. The van der Waals surface area contributed by atoms with Crippen molar-refractivity contribution in [1.82, 2.24) is 5.32 Å². The molecule has 2 N–H and O–H groups in total. The number of rotatable bonds is 5. The summed E-state index contributed by atoms with van der Waals surface area (Å²) in [5.74, 6) is -0.313. The summed E-state index contributed by atoms with van der Waals surface area (Å²) in [6.45, 7) is 0.298. The maximum absolute atomic E-state index is 11.8. The molecule has 4 nitrogen and oxygen atoms in total. The number of anilines is 1. The van der Waals surface area contributed by atoms with Crippen molar-refractivity contribution in [2.24, 2.45) is 0 Å². The Bertz CT molecular complexity index is 644. The van der Waals surface area contributed by atoms with E-state index >= 15 is 0 Å². The highest BCUT2D eigenvalue weighted by molar-refractivity contribution is 9.11. The fourth-order valence-corrected chi connectivity index (χ4v) is 2.93. The summed E-state index contributed by atoms with van der Waals surface area (Å²) in [5, 5.41) is 9.12. The highest BCUT2D eigenvalue weighted by atomic mass is 79.9.